The fraction of sp³-hybridized carbons (Fsp3) is 0.263. The van der Waals surface area contributed by atoms with Crippen molar-refractivity contribution in [2.24, 2.45) is 0 Å². The first kappa shape index (κ1) is 23.6. The summed E-state index contributed by atoms with van der Waals surface area (Å²) in [6, 6.07) is 1.37. The van der Waals surface area contributed by atoms with Crippen molar-refractivity contribution in [3.8, 4) is 5.75 Å². The molecule has 0 aliphatic carbocycles. The van der Waals surface area contributed by atoms with E-state index in [0.717, 1.165) is 6.07 Å². The first-order valence-electron chi connectivity index (χ1n) is 8.25. The molecule has 0 saturated heterocycles. The van der Waals surface area contributed by atoms with Crippen molar-refractivity contribution in [1.82, 2.24) is 0 Å². The second-order valence-corrected chi connectivity index (χ2v) is 6.06. The number of halogens is 10. The molecule has 0 unspecified atom stereocenters. The topological polar surface area (TPSA) is 9.23 Å². The number of hydrogen-bond donors (Lipinski definition) is 0. The molecule has 0 radical (unpaired) electrons. The first-order chi connectivity index (χ1) is 13.8. The van der Waals surface area contributed by atoms with E-state index in [0.29, 0.717) is 12.5 Å². The van der Waals surface area contributed by atoms with Crippen LogP contribution in [0.3, 0.4) is 0 Å². The summed E-state index contributed by atoms with van der Waals surface area (Å²) in [5, 5.41) is 0. The summed E-state index contributed by atoms with van der Waals surface area (Å²) in [5.41, 5.74) is -3.51. The van der Waals surface area contributed by atoms with Gasteiger partial charge in [-0.3, -0.25) is 0 Å². The van der Waals surface area contributed by atoms with Gasteiger partial charge in [-0.1, -0.05) is 19.4 Å². The highest BCUT2D eigenvalue weighted by Crippen LogP contribution is 2.37. The zero-order valence-electron chi connectivity index (χ0n) is 15.0. The third-order valence-electron chi connectivity index (χ3n) is 3.79. The van der Waals surface area contributed by atoms with Crippen molar-refractivity contribution in [1.29, 1.82) is 0 Å². The van der Waals surface area contributed by atoms with Crippen molar-refractivity contribution >= 4 is 5.83 Å². The molecular formula is C19H12F10O. The molecule has 0 saturated carbocycles. The number of aryl methyl sites for hydroxylation is 1. The van der Waals surface area contributed by atoms with Gasteiger partial charge in [0.25, 0.3) is 0 Å². The molecule has 0 aliphatic heterocycles. The zero-order valence-corrected chi connectivity index (χ0v) is 15.0. The molecule has 2 aromatic carbocycles. The first-order valence-corrected chi connectivity index (χ1v) is 8.25. The largest absolute Gasteiger partial charge is 0.429 e. The van der Waals surface area contributed by atoms with Gasteiger partial charge in [-0.2, -0.15) is 22.0 Å². The van der Waals surface area contributed by atoms with Crippen LogP contribution in [0.5, 0.6) is 5.75 Å². The molecule has 0 fully saturated rings. The quantitative estimate of drug-likeness (QED) is 0.427. The van der Waals surface area contributed by atoms with E-state index in [1.54, 1.807) is 6.92 Å². The van der Waals surface area contributed by atoms with Crippen molar-refractivity contribution in [3.05, 3.63) is 70.3 Å². The lowest BCUT2D eigenvalue weighted by molar-refractivity contribution is -0.187. The van der Waals surface area contributed by atoms with Gasteiger partial charge in [-0.15, -0.1) is 0 Å². The van der Waals surface area contributed by atoms with E-state index in [-0.39, 0.29) is 24.1 Å². The lowest BCUT2D eigenvalue weighted by Crippen LogP contribution is -2.24. The lowest BCUT2D eigenvalue weighted by Gasteiger charge is -2.20. The molecule has 0 atom stereocenters. The maximum absolute atomic E-state index is 14.2. The van der Waals surface area contributed by atoms with Gasteiger partial charge in [0, 0.05) is 12.1 Å². The van der Waals surface area contributed by atoms with Gasteiger partial charge < -0.3 is 4.74 Å². The average molecular weight is 446 g/mol. The molecular weight excluding hydrogens is 434 g/mol. The molecule has 0 spiro atoms. The third kappa shape index (κ3) is 5.25. The molecule has 0 N–H and O–H groups in total. The molecule has 1 nitrogen and oxygen atoms in total. The predicted molar refractivity (Wildman–Crippen MR) is 86.4 cm³/mol. The summed E-state index contributed by atoms with van der Waals surface area (Å²) in [4.78, 5) is 0. The van der Waals surface area contributed by atoms with Crippen LogP contribution in [-0.2, 0) is 12.5 Å². The Labute approximate surface area is 163 Å². The Kier molecular flexibility index (Phi) is 6.73. The summed E-state index contributed by atoms with van der Waals surface area (Å²) < 4.78 is 138. The molecule has 164 valence electrons. The number of ether oxygens (including phenoxy) is 1. The smallest absolute Gasteiger partial charge is 0.429 e. The van der Waals surface area contributed by atoms with Gasteiger partial charge in [0.1, 0.15) is 28.8 Å². The van der Waals surface area contributed by atoms with Gasteiger partial charge in [0.15, 0.2) is 11.6 Å². The Bertz CT molecular complexity index is 940. The van der Waals surface area contributed by atoms with E-state index in [1.807, 2.05) is 0 Å². The number of alkyl halides is 5. The SMILES string of the molecule is CCCc1ccc(C(F)(F)Oc2cc(F)c(/C(F)=C/C(F)(F)F)c(F)c2)c(F)c1F. The molecule has 0 aliphatic rings. The van der Waals surface area contributed by atoms with E-state index < -0.39 is 64.3 Å². The van der Waals surface area contributed by atoms with Gasteiger partial charge in [-0.05, 0) is 18.1 Å². The fourth-order valence-corrected chi connectivity index (χ4v) is 2.53. The zero-order chi connectivity index (χ0) is 22.9. The molecule has 30 heavy (non-hydrogen) atoms. The third-order valence-corrected chi connectivity index (χ3v) is 3.79. The fourth-order valence-electron chi connectivity index (χ4n) is 2.53. The number of rotatable bonds is 6. The monoisotopic (exact) mass is 446 g/mol. The second-order valence-electron chi connectivity index (χ2n) is 6.06. The van der Waals surface area contributed by atoms with Crippen LogP contribution in [-0.4, -0.2) is 6.18 Å². The minimum atomic E-state index is -5.24. The van der Waals surface area contributed by atoms with Crippen molar-refractivity contribution in [3.63, 3.8) is 0 Å². The van der Waals surface area contributed by atoms with Crippen molar-refractivity contribution in [2.75, 3.05) is 0 Å². The molecule has 0 heterocycles. The molecule has 2 aromatic rings. The molecule has 0 aromatic heterocycles. The Morgan fingerprint density at radius 3 is 2.00 bits per heavy atom. The predicted octanol–water partition coefficient (Wildman–Crippen LogP) is 7.20. The van der Waals surface area contributed by atoms with Crippen LogP contribution < -0.4 is 4.74 Å². The maximum Gasteiger partial charge on any atom is 0.429 e. The van der Waals surface area contributed by atoms with E-state index in [1.165, 1.54) is 0 Å². The minimum absolute atomic E-state index is 0.0180. The Morgan fingerprint density at radius 1 is 0.933 bits per heavy atom. The molecule has 2 rings (SSSR count). The summed E-state index contributed by atoms with van der Waals surface area (Å²) in [6.07, 6.45) is -10.4. The minimum Gasteiger partial charge on any atom is -0.429 e. The normalized spacial score (nSPS) is 13.0. The van der Waals surface area contributed by atoms with Crippen LogP contribution in [0.4, 0.5) is 43.9 Å². The highest BCUT2D eigenvalue weighted by Gasteiger charge is 2.40. The Morgan fingerprint density at radius 2 is 1.50 bits per heavy atom. The van der Waals surface area contributed by atoms with Crippen LogP contribution in [0.15, 0.2) is 30.3 Å². The second kappa shape index (κ2) is 8.57. The Hall–Kier alpha value is -2.72. The van der Waals surface area contributed by atoms with Crippen LogP contribution in [0.1, 0.15) is 30.0 Å². The lowest BCUT2D eigenvalue weighted by atomic mass is 10.1. The summed E-state index contributed by atoms with van der Waals surface area (Å²) in [5.74, 6) is -11.1. The van der Waals surface area contributed by atoms with Gasteiger partial charge >= 0.3 is 12.3 Å². The number of benzene rings is 2. The van der Waals surface area contributed by atoms with Crippen molar-refractivity contribution < 1.29 is 48.6 Å². The highest BCUT2D eigenvalue weighted by molar-refractivity contribution is 5.61. The van der Waals surface area contributed by atoms with E-state index in [9.17, 15) is 43.9 Å². The van der Waals surface area contributed by atoms with Gasteiger partial charge in [0.2, 0.25) is 0 Å². The molecule has 0 amide bonds. The summed E-state index contributed by atoms with van der Waals surface area (Å²) in [6.45, 7) is 1.64. The number of hydrogen-bond acceptors (Lipinski definition) is 1. The van der Waals surface area contributed by atoms with Crippen LogP contribution in [0, 0.1) is 23.3 Å². The average Bonchev–Trinajstić information content (AvgIpc) is 2.56. The van der Waals surface area contributed by atoms with Crippen LogP contribution >= 0.6 is 0 Å². The van der Waals surface area contributed by atoms with E-state index in [2.05, 4.69) is 4.74 Å². The van der Waals surface area contributed by atoms with E-state index in [4.69, 9.17) is 0 Å². The summed E-state index contributed by atoms with van der Waals surface area (Å²) >= 11 is 0. The van der Waals surface area contributed by atoms with Crippen molar-refractivity contribution in [2.45, 2.75) is 32.1 Å². The van der Waals surface area contributed by atoms with Gasteiger partial charge in [-0.25, -0.2) is 22.0 Å². The highest BCUT2D eigenvalue weighted by atomic mass is 19.4. The molecule has 11 heteroatoms. The van der Waals surface area contributed by atoms with E-state index >= 15 is 0 Å². The molecule has 0 bridgehead atoms. The summed E-state index contributed by atoms with van der Waals surface area (Å²) in [7, 11) is 0. The van der Waals surface area contributed by atoms with Gasteiger partial charge in [0.05, 0.1) is 11.6 Å². The van der Waals surface area contributed by atoms with Crippen LogP contribution in [0.25, 0.3) is 5.83 Å². The maximum atomic E-state index is 14.2. The standard InChI is InChI=1S/C19H12F10O/c1-2-3-9-4-5-11(17(24)16(9)23)19(28,29)30-10-6-12(20)15(13(21)7-10)14(22)8-18(25,26)27/h4-8H,2-3H2,1H3/b14-8-. The number of allylic oxidation sites excluding steroid dienone is 1. The van der Waals surface area contributed by atoms with Crippen LogP contribution in [0.2, 0.25) is 0 Å². The Balaban J connectivity index is 2.41.